The molecule has 1 atom stereocenters. The summed E-state index contributed by atoms with van der Waals surface area (Å²) >= 11 is 0. The van der Waals surface area contributed by atoms with Crippen LogP contribution in [0.3, 0.4) is 0 Å². The number of methoxy groups -OCH3 is 1. The molecule has 4 heteroatoms. The van der Waals surface area contributed by atoms with Crippen LogP contribution in [0, 0.1) is 0 Å². The Hall–Kier alpha value is -1.13. The standard InChI is InChI=1S/C15H27N3O/c1-5-9-16-13(3)15-8-7-14(12-17-15)18(6-2)10-11-19-4/h7-8,12-13,16H,5-6,9-11H2,1-4H3. The van der Waals surface area contributed by atoms with Gasteiger partial charge >= 0.3 is 0 Å². The molecule has 108 valence electrons. The Kier molecular flexibility index (Phi) is 7.45. The lowest BCUT2D eigenvalue weighted by Crippen LogP contribution is -2.27. The van der Waals surface area contributed by atoms with E-state index in [9.17, 15) is 0 Å². The fourth-order valence-corrected chi connectivity index (χ4v) is 1.98. The van der Waals surface area contributed by atoms with Crippen LogP contribution in [0.4, 0.5) is 5.69 Å². The van der Waals surface area contributed by atoms with Crippen molar-refractivity contribution in [3.8, 4) is 0 Å². The van der Waals surface area contributed by atoms with E-state index in [1.165, 1.54) is 0 Å². The van der Waals surface area contributed by atoms with Crippen molar-refractivity contribution in [3.63, 3.8) is 0 Å². The Balaban J connectivity index is 2.63. The number of rotatable bonds is 9. The maximum absolute atomic E-state index is 5.13. The molecular formula is C15H27N3O. The third kappa shape index (κ3) is 5.17. The highest BCUT2D eigenvalue weighted by atomic mass is 16.5. The number of ether oxygens (including phenoxy) is 1. The number of nitrogens with zero attached hydrogens (tertiary/aromatic N) is 2. The van der Waals surface area contributed by atoms with E-state index in [1.807, 2.05) is 6.20 Å². The molecule has 0 bridgehead atoms. The predicted molar refractivity (Wildman–Crippen MR) is 80.7 cm³/mol. The summed E-state index contributed by atoms with van der Waals surface area (Å²) in [7, 11) is 1.73. The van der Waals surface area contributed by atoms with Crippen LogP contribution in [0.15, 0.2) is 18.3 Å². The van der Waals surface area contributed by atoms with Gasteiger partial charge < -0.3 is 15.0 Å². The van der Waals surface area contributed by atoms with Crippen molar-refractivity contribution in [2.75, 3.05) is 38.3 Å². The number of hydrogen-bond acceptors (Lipinski definition) is 4. The Labute approximate surface area is 117 Å². The van der Waals surface area contributed by atoms with Gasteiger partial charge in [-0.2, -0.15) is 0 Å². The van der Waals surface area contributed by atoms with E-state index in [2.05, 4.69) is 48.1 Å². The van der Waals surface area contributed by atoms with E-state index in [-0.39, 0.29) is 0 Å². The van der Waals surface area contributed by atoms with Gasteiger partial charge in [0.15, 0.2) is 0 Å². The minimum atomic E-state index is 0.308. The number of likely N-dealkylation sites (N-methyl/N-ethyl adjacent to an activating group) is 1. The molecule has 0 saturated heterocycles. The fraction of sp³-hybridized carbons (Fsp3) is 0.667. The molecule has 1 heterocycles. The second-order valence-corrected chi connectivity index (χ2v) is 4.69. The maximum Gasteiger partial charge on any atom is 0.0637 e. The van der Waals surface area contributed by atoms with Crippen molar-refractivity contribution in [1.82, 2.24) is 10.3 Å². The van der Waals surface area contributed by atoms with Crippen LogP contribution in [-0.4, -0.2) is 38.3 Å². The molecule has 1 N–H and O–H groups in total. The summed E-state index contributed by atoms with van der Waals surface area (Å²) in [5.41, 5.74) is 2.26. The zero-order valence-electron chi connectivity index (χ0n) is 12.6. The van der Waals surface area contributed by atoms with Crippen molar-refractivity contribution < 1.29 is 4.74 Å². The molecule has 1 unspecified atom stereocenters. The van der Waals surface area contributed by atoms with Crippen LogP contribution in [0.1, 0.15) is 38.9 Å². The minimum Gasteiger partial charge on any atom is -0.383 e. The van der Waals surface area contributed by atoms with Crippen LogP contribution in [-0.2, 0) is 4.74 Å². The highest BCUT2D eigenvalue weighted by Gasteiger charge is 2.08. The van der Waals surface area contributed by atoms with E-state index < -0.39 is 0 Å². The molecule has 1 rings (SSSR count). The molecule has 0 aromatic carbocycles. The van der Waals surface area contributed by atoms with Crippen LogP contribution in [0.25, 0.3) is 0 Å². The van der Waals surface area contributed by atoms with E-state index in [0.717, 1.165) is 44.0 Å². The van der Waals surface area contributed by atoms with E-state index >= 15 is 0 Å². The molecule has 0 radical (unpaired) electrons. The largest absolute Gasteiger partial charge is 0.383 e. The van der Waals surface area contributed by atoms with Crippen molar-refractivity contribution >= 4 is 5.69 Å². The molecule has 0 fully saturated rings. The summed E-state index contributed by atoms with van der Waals surface area (Å²) in [4.78, 5) is 6.83. The van der Waals surface area contributed by atoms with Crippen molar-refractivity contribution in [2.45, 2.75) is 33.2 Å². The summed E-state index contributed by atoms with van der Waals surface area (Å²) in [6.07, 6.45) is 3.10. The highest BCUT2D eigenvalue weighted by Crippen LogP contribution is 2.16. The van der Waals surface area contributed by atoms with Gasteiger partial charge in [0.25, 0.3) is 0 Å². The molecular weight excluding hydrogens is 238 g/mol. The molecule has 0 amide bonds. The van der Waals surface area contributed by atoms with Crippen LogP contribution in [0.5, 0.6) is 0 Å². The first-order valence-electron chi connectivity index (χ1n) is 7.16. The number of anilines is 1. The topological polar surface area (TPSA) is 37.4 Å². The van der Waals surface area contributed by atoms with Gasteiger partial charge in [0, 0.05) is 26.2 Å². The van der Waals surface area contributed by atoms with Gasteiger partial charge in [-0.15, -0.1) is 0 Å². The third-order valence-electron chi connectivity index (χ3n) is 3.23. The maximum atomic E-state index is 5.13. The minimum absolute atomic E-state index is 0.308. The molecule has 19 heavy (non-hydrogen) atoms. The highest BCUT2D eigenvalue weighted by molar-refractivity contribution is 5.44. The third-order valence-corrected chi connectivity index (χ3v) is 3.23. The molecule has 1 aromatic heterocycles. The van der Waals surface area contributed by atoms with Crippen LogP contribution in [0.2, 0.25) is 0 Å². The van der Waals surface area contributed by atoms with Crippen molar-refractivity contribution in [3.05, 3.63) is 24.0 Å². The first-order valence-corrected chi connectivity index (χ1v) is 7.16. The van der Waals surface area contributed by atoms with E-state index in [1.54, 1.807) is 7.11 Å². The Morgan fingerprint density at radius 2 is 2.16 bits per heavy atom. The lowest BCUT2D eigenvalue weighted by Gasteiger charge is -2.23. The zero-order chi connectivity index (χ0) is 14.1. The summed E-state index contributed by atoms with van der Waals surface area (Å²) in [6.45, 7) is 10.1. The van der Waals surface area contributed by atoms with Gasteiger partial charge in [-0.3, -0.25) is 4.98 Å². The second-order valence-electron chi connectivity index (χ2n) is 4.69. The van der Waals surface area contributed by atoms with Gasteiger partial charge in [-0.25, -0.2) is 0 Å². The van der Waals surface area contributed by atoms with Crippen molar-refractivity contribution in [2.24, 2.45) is 0 Å². The van der Waals surface area contributed by atoms with E-state index in [0.29, 0.717) is 6.04 Å². The Morgan fingerprint density at radius 1 is 1.37 bits per heavy atom. The smallest absolute Gasteiger partial charge is 0.0637 e. The quantitative estimate of drug-likeness (QED) is 0.745. The summed E-state index contributed by atoms with van der Waals surface area (Å²) < 4.78 is 5.13. The Bertz CT molecular complexity index is 340. The van der Waals surface area contributed by atoms with Crippen molar-refractivity contribution in [1.29, 1.82) is 0 Å². The normalized spacial score (nSPS) is 12.4. The average molecular weight is 265 g/mol. The molecule has 0 saturated carbocycles. The number of pyridine rings is 1. The molecule has 0 aliphatic rings. The lowest BCUT2D eigenvalue weighted by atomic mass is 10.2. The van der Waals surface area contributed by atoms with Gasteiger partial charge in [0.05, 0.1) is 24.2 Å². The molecule has 4 nitrogen and oxygen atoms in total. The summed E-state index contributed by atoms with van der Waals surface area (Å²) in [5.74, 6) is 0. The molecule has 1 aromatic rings. The first-order chi connectivity index (χ1) is 9.22. The SMILES string of the molecule is CCCNC(C)c1ccc(N(CC)CCOC)cn1. The second kappa shape index (κ2) is 8.88. The monoisotopic (exact) mass is 265 g/mol. The van der Waals surface area contributed by atoms with Gasteiger partial charge in [-0.05, 0) is 38.9 Å². The Morgan fingerprint density at radius 3 is 2.68 bits per heavy atom. The number of hydrogen-bond donors (Lipinski definition) is 1. The van der Waals surface area contributed by atoms with Gasteiger partial charge in [0.2, 0.25) is 0 Å². The molecule has 0 spiro atoms. The average Bonchev–Trinajstić information content (AvgIpc) is 2.46. The fourth-order valence-electron chi connectivity index (χ4n) is 1.98. The first kappa shape index (κ1) is 15.9. The number of nitrogens with one attached hydrogen (secondary N) is 1. The zero-order valence-corrected chi connectivity index (χ0v) is 12.6. The predicted octanol–water partition coefficient (Wildman–Crippen LogP) is 2.61. The molecule has 0 aliphatic heterocycles. The number of aromatic nitrogens is 1. The van der Waals surface area contributed by atoms with Crippen LogP contribution < -0.4 is 10.2 Å². The van der Waals surface area contributed by atoms with Gasteiger partial charge in [0.1, 0.15) is 0 Å². The molecule has 0 aliphatic carbocycles. The van der Waals surface area contributed by atoms with Crippen LogP contribution >= 0.6 is 0 Å². The summed E-state index contributed by atoms with van der Waals surface area (Å²) in [6, 6.07) is 4.56. The lowest BCUT2D eigenvalue weighted by molar-refractivity contribution is 0.205. The van der Waals surface area contributed by atoms with E-state index in [4.69, 9.17) is 4.74 Å². The van der Waals surface area contributed by atoms with Gasteiger partial charge in [-0.1, -0.05) is 6.92 Å². The summed E-state index contributed by atoms with van der Waals surface area (Å²) in [5, 5.41) is 3.45.